The molecule has 2 rings (SSSR count). The zero-order valence-electron chi connectivity index (χ0n) is 14.2. The van der Waals surface area contributed by atoms with Gasteiger partial charge >= 0.3 is 0 Å². The molecule has 0 aliphatic heterocycles. The third-order valence-corrected chi connectivity index (χ3v) is 3.78. The zero-order valence-corrected chi connectivity index (χ0v) is 14.2. The maximum atomic E-state index is 5.75. The minimum atomic E-state index is 0.793. The van der Waals surface area contributed by atoms with Crippen LogP contribution in [0, 0.1) is 0 Å². The third kappa shape index (κ3) is 6.23. The summed E-state index contributed by atoms with van der Waals surface area (Å²) < 4.78 is 10.9. The molecule has 1 N–H and O–H groups in total. The molecule has 0 radical (unpaired) electrons. The molecule has 3 heteroatoms. The van der Waals surface area contributed by atoms with E-state index in [-0.39, 0.29) is 0 Å². The summed E-state index contributed by atoms with van der Waals surface area (Å²) in [5.41, 5.74) is 2.32. The molecule has 0 aliphatic rings. The zero-order chi connectivity index (χ0) is 16.3. The van der Waals surface area contributed by atoms with Gasteiger partial charge in [0.25, 0.3) is 0 Å². The Labute approximate surface area is 139 Å². The van der Waals surface area contributed by atoms with Crippen LogP contribution in [0.4, 0.5) is 5.69 Å². The standard InChI is InChI=1S/C20H27NO2/c1-3-4-5-6-15-23-20-13-9-18(10-14-20)21-16-17-7-11-19(22-2)12-8-17/h7-14,21H,3-6,15-16H2,1-2H3. The lowest BCUT2D eigenvalue weighted by Gasteiger charge is -2.09. The molecule has 0 aliphatic carbocycles. The number of benzene rings is 2. The first-order valence-electron chi connectivity index (χ1n) is 8.41. The van der Waals surface area contributed by atoms with Gasteiger partial charge in [-0.05, 0) is 48.4 Å². The van der Waals surface area contributed by atoms with Crippen LogP contribution in [-0.4, -0.2) is 13.7 Å². The van der Waals surface area contributed by atoms with E-state index >= 15 is 0 Å². The molecule has 0 saturated heterocycles. The van der Waals surface area contributed by atoms with E-state index in [1.54, 1.807) is 7.11 Å². The first kappa shape index (κ1) is 17.2. The first-order valence-corrected chi connectivity index (χ1v) is 8.41. The second-order valence-electron chi connectivity index (χ2n) is 5.64. The molecule has 0 spiro atoms. The Hall–Kier alpha value is -2.16. The Morgan fingerprint density at radius 1 is 0.826 bits per heavy atom. The van der Waals surface area contributed by atoms with Crippen molar-refractivity contribution < 1.29 is 9.47 Å². The summed E-state index contributed by atoms with van der Waals surface area (Å²) in [7, 11) is 1.68. The molecule has 2 aromatic rings. The summed E-state index contributed by atoms with van der Waals surface area (Å²) in [5.74, 6) is 1.82. The van der Waals surface area contributed by atoms with Crippen molar-refractivity contribution >= 4 is 5.69 Å². The van der Waals surface area contributed by atoms with Crippen molar-refractivity contribution in [2.45, 2.75) is 39.2 Å². The van der Waals surface area contributed by atoms with Crippen LogP contribution in [0.15, 0.2) is 48.5 Å². The number of hydrogen-bond acceptors (Lipinski definition) is 3. The topological polar surface area (TPSA) is 30.5 Å². The van der Waals surface area contributed by atoms with E-state index in [1.165, 1.54) is 24.8 Å². The second-order valence-corrected chi connectivity index (χ2v) is 5.64. The Bertz CT molecular complexity index is 549. The highest BCUT2D eigenvalue weighted by Crippen LogP contribution is 2.18. The van der Waals surface area contributed by atoms with E-state index < -0.39 is 0 Å². The van der Waals surface area contributed by atoms with Crippen LogP contribution in [-0.2, 0) is 6.54 Å². The van der Waals surface area contributed by atoms with Crippen molar-refractivity contribution in [1.82, 2.24) is 0 Å². The normalized spacial score (nSPS) is 10.3. The number of ether oxygens (including phenoxy) is 2. The average Bonchev–Trinajstić information content (AvgIpc) is 2.61. The predicted octanol–water partition coefficient (Wildman–Crippen LogP) is 5.27. The van der Waals surface area contributed by atoms with Crippen molar-refractivity contribution in [3.05, 3.63) is 54.1 Å². The summed E-state index contributed by atoms with van der Waals surface area (Å²) in [6, 6.07) is 16.3. The Morgan fingerprint density at radius 3 is 2.17 bits per heavy atom. The summed E-state index contributed by atoms with van der Waals surface area (Å²) in [4.78, 5) is 0. The number of nitrogens with one attached hydrogen (secondary N) is 1. The SMILES string of the molecule is CCCCCCOc1ccc(NCc2ccc(OC)cc2)cc1. The lowest BCUT2D eigenvalue weighted by molar-refractivity contribution is 0.305. The molecule has 124 valence electrons. The maximum absolute atomic E-state index is 5.75. The molecule has 0 fully saturated rings. The third-order valence-electron chi connectivity index (χ3n) is 3.78. The average molecular weight is 313 g/mol. The van der Waals surface area contributed by atoms with Crippen LogP contribution in [0.1, 0.15) is 38.2 Å². The number of hydrogen-bond donors (Lipinski definition) is 1. The fourth-order valence-corrected chi connectivity index (χ4v) is 2.34. The molecule has 3 nitrogen and oxygen atoms in total. The molecule has 23 heavy (non-hydrogen) atoms. The van der Waals surface area contributed by atoms with Gasteiger partial charge < -0.3 is 14.8 Å². The van der Waals surface area contributed by atoms with Gasteiger partial charge in [0, 0.05) is 12.2 Å². The van der Waals surface area contributed by atoms with E-state index in [4.69, 9.17) is 9.47 Å². The number of unbranched alkanes of at least 4 members (excludes halogenated alkanes) is 3. The molecule has 0 aromatic heterocycles. The lowest BCUT2D eigenvalue weighted by atomic mass is 10.2. The molecule has 0 amide bonds. The van der Waals surface area contributed by atoms with E-state index in [0.717, 1.165) is 36.8 Å². The predicted molar refractivity (Wildman–Crippen MR) is 96.4 cm³/mol. The Morgan fingerprint density at radius 2 is 1.52 bits per heavy atom. The summed E-state index contributed by atoms with van der Waals surface area (Å²) in [6.45, 7) is 3.82. The highest BCUT2D eigenvalue weighted by molar-refractivity contribution is 5.47. The van der Waals surface area contributed by atoms with Gasteiger partial charge in [0.15, 0.2) is 0 Å². The van der Waals surface area contributed by atoms with Crippen LogP contribution in [0.3, 0.4) is 0 Å². The van der Waals surface area contributed by atoms with Gasteiger partial charge in [-0.25, -0.2) is 0 Å². The highest BCUT2D eigenvalue weighted by atomic mass is 16.5. The van der Waals surface area contributed by atoms with Crippen molar-refractivity contribution in [3.8, 4) is 11.5 Å². The summed E-state index contributed by atoms with van der Waals surface area (Å²) in [5, 5.41) is 3.41. The first-order chi connectivity index (χ1) is 11.3. The smallest absolute Gasteiger partial charge is 0.119 e. The number of rotatable bonds is 10. The monoisotopic (exact) mass is 313 g/mol. The molecule has 0 bridgehead atoms. The van der Waals surface area contributed by atoms with Crippen molar-refractivity contribution in [2.24, 2.45) is 0 Å². The number of methoxy groups -OCH3 is 1. The van der Waals surface area contributed by atoms with Crippen molar-refractivity contribution in [1.29, 1.82) is 0 Å². The van der Waals surface area contributed by atoms with Crippen LogP contribution >= 0.6 is 0 Å². The molecule has 0 heterocycles. The van der Waals surface area contributed by atoms with Crippen molar-refractivity contribution in [2.75, 3.05) is 19.0 Å². The van der Waals surface area contributed by atoms with Gasteiger partial charge in [-0.3, -0.25) is 0 Å². The van der Waals surface area contributed by atoms with E-state index in [9.17, 15) is 0 Å². The van der Waals surface area contributed by atoms with Gasteiger partial charge in [0.2, 0.25) is 0 Å². The van der Waals surface area contributed by atoms with Gasteiger partial charge in [-0.1, -0.05) is 38.3 Å². The lowest BCUT2D eigenvalue weighted by Crippen LogP contribution is -2.00. The van der Waals surface area contributed by atoms with Crippen LogP contribution in [0.2, 0.25) is 0 Å². The van der Waals surface area contributed by atoms with Crippen LogP contribution in [0.5, 0.6) is 11.5 Å². The van der Waals surface area contributed by atoms with Gasteiger partial charge in [0.05, 0.1) is 13.7 Å². The fourth-order valence-electron chi connectivity index (χ4n) is 2.34. The minimum Gasteiger partial charge on any atom is -0.497 e. The molecular formula is C20H27NO2. The summed E-state index contributed by atoms with van der Waals surface area (Å²) >= 11 is 0. The highest BCUT2D eigenvalue weighted by Gasteiger charge is 1.98. The molecule has 0 unspecified atom stereocenters. The number of anilines is 1. The van der Waals surface area contributed by atoms with E-state index in [0.29, 0.717) is 0 Å². The Kier molecular flexibility index (Phi) is 7.31. The van der Waals surface area contributed by atoms with Gasteiger partial charge in [0.1, 0.15) is 11.5 Å². The molecule has 0 saturated carbocycles. The van der Waals surface area contributed by atoms with Gasteiger partial charge in [-0.15, -0.1) is 0 Å². The van der Waals surface area contributed by atoms with Gasteiger partial charge in [-0.2, -0.15) is 0 Å². The fraction of sp³-hybridized carbons (Fsp3) is 0.400. The minimum absolute atomic E-state index is 0.793. The Balaban J connectivity index is 1.73. The van der Waals surface area contributed by atoms with Crippen LogP contribution in [0.25, 0.3) is 0 Å². The van der Waals surface area contributed by atoms with Crippen molar-refractivity contribution in [3.63, 3.8) is 0 Å². The summed E-state index contributed by atoms with van der Waals surface area (Å²) in [6.07, 6.45) is 4.93. The van der Waals surface area contributed by atoms with Crippen LogP contribution < -0.4 is 14.8 Å². The largest absolute Gasteiger partial charge is 0.497 e. The van der Waals surface area contributed by atoms with E-state index in [2.05, 4.69) is 36.5 Å². The maximum Gasteiger partial charge on any atom is 0.119 e. The second kappa shape index (κ2) is 9.78. The quantitative estimate of drug-likeness (QED) is 0.606. The van der Waals surface area contributed by atoms with E-state index in [1.807, 2.05) is 24.3 Å². The molecular weight excluding hydrogens is 286 g/mol. The molecule has 0 atom stereocenters. The molecule has 2 aromatic carbocycles.